The fourth-order valence-electron chi connectivity index (χ4n) is 2.19. The molecule has 0 fully saturated rings. The van der Waals surface area contributed by atoms with Crippen molar-refractivity contribution in [2.45, 2.75) is 6.61 Å². The summed E-state index contributed by atoms with van der Waals surface area (Å²) >= 11 is 0. The highest BCUT2D eigenvalue weighted by Crippen LogP contribution is 2.14. The number of nitrogens with one attached hydrogen (secondary N) is 1. The Morgan fingerprint density at radius 2 is 1.88 bits per heavy atom. The van der Waals surface area contributed by atoms with Crippen LogP contribution in [0, 0.1) is 0 Å². The third-order valence-electron chi connectivity index (χ3n) is 3.48. The summed E-state index contributed by atoms with van der Waals surface area (Å²) in [6.45, 7) is 0.240. The summed E-state index contributed by atoms with van der Waals surface area (Å²) in [4.78, 5) is 12.1. The Hall–Kier alpha value is -3.54. The van der Waals surface area contributed by atoms with Crippen LogP contribution in [0.1, 0.15) is 21.9 Å². The first-order chi connectivity index (χ1) is 12.7. The van der Waals surface area contributed by atoms with Crippen molar-refractivity contribution in [1.82, 2.24) is 5.43 Å². The van der Waals surface area contributed by atoms with Crippen LogP contribution < -0.4 is 14.9 Å². The number of amides is 1. The van der Waals surface area contributed by atoms with Crippen LogP contribution in [0.3, 0.4) is 0 Å². The van der Waals surface area contributed by atoms with Crippen LogP contribution in [0.4, 0.5) is 0 Å². The van der Waals surface area contributed by atoms with E-state index in [9.17, 15) is 4.79 Å². The lowest BCUT2D eigenvalue weighted by atomic mass is 10.2. The predicted octanol–water partition coefficient (Wildman–Crippen LogP) is 3.63. The molecule has 0 aliphatic rings. The Morgan fingerprint density at radius 1 is 1.08 bits per heavy atom. The van der Waals surface area contributed by atoms with Crippen LogP contribution in [0.2, 0.25) is 0 Å². The molecule has 1 heterocycles. The first-order valence-electron chi connectivity index (χ1n) is 7.98. The van der Waals surface area contributed by atoms with E-state index in [-0.39, 0.29) is 12.4 Å². The van der Waals surface area contributed by atoms with E-state index in [0.717, 1.165) is 17.1 Å². The van der Waals surface area contributed by atoms with Crippen molar-refractivity contribution in [2.75, 3.05) is 7.11 Å². The lowest BCUT2D eigenvalue weighted by Crippen LogP contribution is -2.16. The second-order valence-electron chi connectivity index (χ2n) is 5.34. The van der Waals surface area contributed by atoms with Crippen molar-refractivity contribution >= 4 is 12.1 Å². The molecule has 2 aromatic carbocycles. The number of hydrazone groups is 1. The molecule has 3 aromatic rings. The van der Waals surface area contributed by atoms with Crippen molar-refractivity contribution in [1.29, 1.82) is 0 Å². The van der Waals surface area contributed by atoms with E-state index in [1.54, 1.807) is 19.2 Å². The van der Waals surface area contributed by atoms with Crippen molar-refractivity contribution in [3.05, 3.63) is 83.8 Å². The SMILES string of the molecule is COc1cccc(/C=N\NC(=O)c2ccc(COc3ccccc3)o2)c1. The largest absolute Gasteiger partial charge is 0.497 e. The quantitative estimate of drug-likeness (QED) is 0.522. The van der Waals surface area contributed by atoms with Gasteiger partial charge in [-0.15, -0.1) is 0 Å². The Labute approximate surface area is 151 Å². The molecule has 1 N–H and O–H groups in total. The molecule has 6 heteroatoms. The molecule has 0 aliphatic heterocycles. The molecule has 132 valence electrons. The van der Waals surface area contributed by atoms with Crippen LogP contribution >= 0.6 is 0 Å². The van der Waals surface area contributed by atoms with Crippen LogP contribution in [0.25, 0.3) is 0 Å². The molecule has 6 nitrogen and oxygen atoms in total. The maximum atomic E-state index is 12.1. The smallest absolute Gasteiger partial charge is 0.307 e. The minimum Gasteiger partial charge on any atom is -0.497 e. The standard InChI is InChI=1S/C20H18N2O4/c1-24-17-9-5-6-15(12-17)13-21-22-20(23)19-11-10-18(26-19)14-25-16-7-3-2-4-8-16/h2-13H,14H2,1H3,(H,22,23)/b21-13-. The van der Waals surface area contributed by atoms with Gasteiger partial charge in [0, 0.05) is 0 Å². The van der Waals surface area contributed by atoms with Crippen molar-refractivity contribution < 1.29 is 18.7 Å². The molecular formula is C20H18N2O4. The van der Waals surface area contributed by atoms with Crippen LogP contribution in [0.5, 0.6) is 11.5 Å². The summed E-state index contributed by atoms with van der Waals surface area (Å²) in [6.07, 6.45) is 1.53. The van der Waals surface area contributed by atoms with Crippen LogP contribution in [-0.4, -0.2) is 19.2 Å². The lowest BCUT2D eigenvalue weighted by molar-refractivity contribution is 0.0923. The molecule has 0 aliphatic carbocycles. The van der Waals surface area contributed by atoms with E-state index in [1.165, 1.54) is 6.21 Å². The van der Waals surface area contributed by atoms with Gasteiger partial charge < -0.3 is 13.9 Å². The normalized spacial score (nSPS) is 10.7. The monoisotopic (exact) mass is 350 g/mol. The summed E-state index contributed by atoms with van der Waals surface area (Å²) in [7, 11) is 1.59. The van der Waals surface area contributed by atoms with Crippen molar-refractivity contribution in [3.8, 4) is 11.5 Å². The lowest BCUT2D eigenvalue weighted by Gasteiger charge is -2.03. The highest BCUT2D eigenvalue weighted by Gasteiger charge is 2.10. The highest BCUT2D eigenvalue weighted by atomic mass is 16.5. The molecule has 0 bridgehead atoms. The van der Waals surface area contributed by atoms with Gasteiger partial charge in [0.25, 0.3) is 0 Å². The molecule has 0 unspecified atom stereocenters. The van der Waals surface area contributed by atoms with Crippen molar-refractivity contribution in [3.63, 3.8) is 0 Å². The number of hydrogen-bond donors (Lipinski definition) is 1. The van der Waals surface area contributed by atoms with E-state index >= 15 is 0 Å². The second-order valence-corrected chi connectivity index (χ2v) is 5.34. The molecule has 1 aromatic heterocycles. The van der Waals surface area contributed by atoms with E-state index in [2.05, 4.69) is 10.5 Å². The number of ether oxygens (including phenoxy) is 2. The molecular weight excluding hydrogens is 332 g/mol. The first-order valence-corrected chi connectivity index (χ1v) is 7.98. The minimum absolute atomic E-state index is 0.166. The van der Waals surface area contributed by atoms with E-state index in [4.69, 9.17) is 13.9 Å². The number of para-hydroxylation sites is 1. The Balaban J connectivity index is 1.53. The average Bonchev–Trinajstić information content (AvgIpc) is 3.16. The third kappa shape index (κ3) is 4.73. The predicted molar refractivity (Wildman–Crippen MR) is 97.5 cm³/mol. The number of rotatable bonds is 7. The zero-order valence-electron chi connectivity index (χ0n) is 14.2. The molecule has 0 saturated carbocycles. The molecule has 3 rings (SSSR count). The number of benzene rings is 2. The number of carbonyl (C=O) groups excluding carboxylic acids is 1. The van der Waals surface area contributed by atoms with Gasteiger partial charge in [-0.2, -0.15) is 5.10 Å². The van der Waals surface area contributed by atoms with E-state index in [0.29, 0.717) is 5.76 Å². The summed E-state index contributed by atoms with van der Waals surface area (Å²) in [6, 6.07) is 20.0. The molecule has 1 amide bonds. The molecule has 0 spiro atoms. The molecule has 0 atom stereocenters. The summed E-state index contributed by atoms with van der Waals surface area (Å²) in [5.41, 5.74) is 3.23. The van der Waals surface area contributed by atoms with Gasteiger partial charge in [0.2, 0.25) is 0 Å². The van der Waals surface area contributed by atoms with Gasteiger partial charge in [-0.05, 0) is 42.0 Å². The molecule has 0 saturated heterocycles. The van der Waals surface area contributed by atoms with Gasteiger partial charge in [0.05, 0.1) is 13.3 Å². The number of nitrogens with zero attached hydrogens (tertiary/aromatic N) is 1. The fourth-order valence-corrected chi connectivity index (χ4v) is 2.19. The van der Waals surface area contributed by atoms with Gasteiger partial charge in [-0.3, -0.25) is 4.79 Å². The van der Waals surface area contributed by atoms with E-state index < -0.39 is 5.91 Å². The van der Waals surface area contributed by atoms with Crippen molar-refractivity contribution in [2.24, 2.45) is 5.10 Å². The Morgan fingerprint density at radius 3 is 2.69 bits per heavy atom. The summed E-state index contributed by atoms with van der Waals surface area (Å²) in [5.74, 6) is 1.73. The zero-order valence-corrected chi connectivity index (χ0v) is 14.2. The fraction of sp³-hybridized carbons (Fsp3) is 0.100. The van der Waals surface area contributed by atoms with E-state index in [1.807, 2.05) is 54.6 Å². The van der Waals surface area contributed by atoms with Gasteiger partial charge in [-0.25, -0.2) is 5.43 Å². The second kappa shape index (κ2) is 8.53. The van der Waals surface area contributed by atoms with Crippen LogP contribution in [-0.2, 0) is 6.61 Å². The topological polar surface area (TPSA) is 73.1 Å². The average molecular weight is 350 g/mol. The highest BCUT2D eigenvalue weighted by molar-refractivity contribution is 5.92. The van der Waals surface area contributed by atoms with Gasteiger partial charge in [0.15, 0.2) is 5.76 Å². The number of furan rings is 1. The maximum Gasteiger partial charge on any atom is 0.307 e. The minimum atomic E-state index is -0.435. The van der Waals surface area contributed by atoms with Gasteiger partial charge in [-0.1, -0.05) is 30.3 Å². The summed E-state index contributed by atoms with van der Waals surface area (Å²) < 4.78 is 16.2. The first kappa shape index (κ1) is 17.3. The zero-order chi connectivity index (χ0) is 18.2. The molecule has 26 heavy (non-hydrogen) atoms. The summed E-state index contributed by atoms with van der Waals surface area (Å²) in [5, 5.41) is 3.92. The maximum absolute atomic E-state index is 12.1. The van der Waals surface area contributed by atoms with Crippen LogP contribution in [0.15, 0.2) is 76.2 Å². The number of hydrogen-bond acceptors (Lipinski definition) is 5. The Kier molecular flexibility index (Phi) is 5.67. The van der Waals surface area contributed by atoms with Gasteiger partial charge >= 0.3 is 5.91 Å². The van der Waals surface area contributed by atoms with Gasteiger partial charge in [0.1, 0.15) is 23.9 Å². The molecule has 0 radical (unpaired) electrons. The third-order valence-corrected chi connectivity index (χ3v) is 3.48. The Bertz CT molecular complexity index is 888. The number of carbonyl (C=O) groups is 1. The number of methoxy groups -OCH3 is 1.